The first-order valence-electron chi connectivity index (χ1n) is 3.63. The largest absolute Gasteiger partial charge is 0.318 e. The maximum Gasteiger partial charge on any atom is 0.296 e. The summed E-state index contributed by atoms with van der Waals surface area (Å²) in [7, 11) is 0. The number of rotatable bonds is 0. The molecule has 2 rings (SSSR count). The van der Waals surface area contributed by atoms with Crippen LogP contribution in [0.3, 0.4) is 0 Å². The van der Waals surface area contributed by atoms with Gasteiger partial charge < -0.3 is 5.32 Å². The van der Waals surface area contributed by atoms with Gasteiger partial charge in [-0.05, 0) is 12.1 Å². The van der Waals surface area contributed by atoms with Crippen LogP contribution in [0, 0.1) is 11.3 Å². The smallest absolute Gasteiger partial charge is 0.296 e. The van der Waals surface area contributed by atoms with Crippen molar-refractivity contribution in [1.82, 2.24) is 0 Å². The van der Waals surface area contributed by atoms with E-state index in [1.54, 1.807) is 12.1 Å². The van der Waals surface area contributed by atoms with Crippen molar-refractivity contribution in [1.29, 1.82) is 5.26 Å². The number of Topliss-reactive ketones (excluding diaryl/α,β-unsaturated/α-hetero) is 1. The molecule has 0 atom stereocenters. The molecule has 62 valence electrons. The maximum absolute atomic E-state index is 11.2. The fourth-order valence-electron chi connectivity index (χ4n) is 1.29. The fraction of sp³-hybridized carbons (Fsp3) is 0. The van der Waals surface area contributed by atoms with Crippen LogP contribution in [0.5, 0.6) is 0 Å². The van der Waals surface area contributed by atoms with E-state index in [1.807, 2.05) is 6.07 Å². The lowest BCUT2D eigenvalue weighted by Gasteiger charge is -1.96. The fourth-order valence-corrected chi connectivity index (χ4v) is 1.29. The van der Waals surface area contributed by atoms with Crippen LogP contribution in [0.25, 0.3) is 0 Å². The van der Waals surface area contributed by atoms with Gasteiger partial charge in [0.15, 0.2) is 0 Å². The molecular formula is C9H4N2O2. The molecule has 0 radical (unpaired) electrons. The number of hydrogen-bond donors (Lipinski definition) is 1. The minimum atomic E-state index is -0.669. The van der Waals surface area contributed by atoms with Gasteiger partial charge in [0.25, 0.3) is 11.7 Å². The molecule has 0 saturated heterocycles. The molecule has 0 aliphatic carbocycles. The number of anilines is 1. The number of nitrogens with zero attached hydrogens (tertiary/aromatic N) is 1. The maximum atomic E-state index is 11.2. The van der Waals surface area contributed by atoms with Crippen molar-refractivity contribution in [3.05, 3.63) is 29.3 Å². The number of carbonyl (C=O) groups is 2. The Kier molecular flexibility index (Phi) is 1.40. The summed E-state index contributed by atoms with van der Waals surface area (Å²) in [4.78, 5) is 22.1. The Morgan fingerprint density at radius 1 is 1.31 bits per heavy atom. The zero-order valence-electron chi connectivity index (χ0n) is 6.50. The molecule has 4 nitrogen and oxygen atoms in total. The Morgan fingerprint density at radius 3 is 2.77 bits per heavy atom. The van der Waals surface area contributed by atoms with E-state index >= 15 is 0 Å². The Morgan fingerprint density at radius 2 is 2.08 bits per heavy atom. The average molecular weight is 172 g/mol. The van der Waals surface area contributed by atoms with Crippen molar-refractivity contribution >= 4 is 17.4 Å². The van der Waals surface area contributed by atoms with E-state index in [0.29, 0.717) is 5.69 Å². The molecule has 1 aromatic carbocycles. The van der Waals surface area contributed by atoms with E-state index in [2.05, 4.69) is 5.32 Å². The van der Waals surface area contributed by atoms with Crippen LogP contribution in [0.15, 0.2) is 18.2 Å². The third-order valence-corrected chi connectivity index (χ3v) is 1.87. The normalized spacial score (nSPS) is 13.5. The molecule has 1 aromatic rings. The van der Waals surface area contributed by atoms with Gasteiger partial charge in [-0.1, -0.05) is 6.07 Å². The SMILES string of the molecule is N#Cc1cccc2c1C(=O)C(=O)N2. The molecule has 0 unspecified atom stereocenters. The summed E-state index contributed by atoms with van der Waals surface area (Å²) in [6, 6.07) is 6.59. The topological polar surface area (TPSA) is 70.0 Å². The van der Waals surface area contributed by atoms with Gasteiger partial charge in [-0.15, -0.1) is 0 Å². The average Bonchev–Trinajstić information content (AvgIpc) is 2.43. The second-order valence-electron chi connectivity index (χ2n) is 2.62. The van der Waals surface area contributed by atoms with E-state index < -0.39 is 11.7 Å². The van der Waals surface area contributed by atoms with Crippen molar-refractivity contribution in [3.8, 4) is 6.07 Å². The van der Waals surface area contributed by atoms with Crippen LogP contribution in [-0.4, -0.2) is 11.7 Å². The van der Waals surface area contributed by atoms with Crippen molar-refractivity contribution in [3.63, 3.8) is 0 Å². The summed E-state index contributed by atoms with van der Waals surface area (Å²) < 4.78 is 0. The van der Waals surface area contributed by atoms with Crippen molar-refractivity contribution in [2.75, 3.05) is 5.32 Å². The molecule has 13 heavy (non-hydrogen) atoms. The number of benzene rings is 1. The zero-order valence-corrected chi connectivity index (χ0v) is 6.50. The van der Waals surface area contributed by atoms with Crippen molar-refractivity contribution < 1.29 is 9.59 Å². The Labute approximate surface area is 73.8 Å². The summed E-state index contributed by atoms with van der Waals surface area (Å²) in [5, 5.41) is 11.0. The Hall–Kier alpha value is -2.15. The molecule has 1 heterocycles. The molecule has 1 amide bonds. The van der Waals surface area contributed by atoms with Crippen LogP contribution in [-0.2, 0) is 4.79 Å². The quantitative estimate of drug-likeness (QED) is 0.585. The molecule has 1 aliphatic heterocycles. The van der Waals surface area contributed by atoms with Gasteiger partial charge >= 0.3 is 0 Å². The van der Waals surface area contributed by atoms with Gasteiger partial charge in [0.1, 0.15) is 0 Å². The molecule has 0 spiro atoms. The van der Waals surface area contributed by atoms with Crippen LogP contribution < -0.4 is 5.32 Å². The third-order valence-electron chi connectivity index (χ3n) is 1.87. The lowest BCUT2D eigenvalue weighted by atomic mass is 10.1. The summed E-state index contributed by atoms with van der Waals surface area (Å²) in [5.41, 5.74) is 0.852. The number of nitrogens with one attached hydrogen (secondary N) is 1. The van der Waals surface area contributed by atoms with Gasteiger partial charge in [0.05, 0.1) is 22.9 Å². The highest BCUT2D eigenvalue weighted by Crippen LogP contribution is 2.25. The van der Waals surface area contributed by atoms with Crippen LogP contribution in [0.4, 0.5) is 5.69 Å². The highest BCUT2D eigenvalue weighted by molar-refractivity contribution is 6.52. The third kappa shape index (κ3) is 0.908. The highest BCUT2D eigenvalue weighted by Gasteiger charge is 2.30. The number of nitriles is 1. The molecular weight excluding hydrogens is 168 g/mol. The van der Waals surface area contributed by atoms with E-state index in [9.17, 15) is 9.59 Å². The first-order valence-corrected chi connectivity index (χ1v) is 3.63. The van der Waals surface area contributed by atoms with E-state index in [4.69, 9.17) is 5.26 Å². The Balaban J connectivity index is 2.73. The zero-order chi connectivity index (χ0) is 9.42. The molecule has 0 saturated carbocycles. The minimum absolute atomic E-state index is 0.190. The summed E-state index contributed by atoms with van der Waals surface area (Å²) in [6.45, 7) is 0. The lowest BCUT2D eigenvalue weighted by molar-refractivity contribution is -0.112. The number of hydrogen-bond acceptors (Lipinski definition) is 3. The van der Waals surface area contributed by atoms with Crippen molar-refractivity contribution in [2.24, 2.45) is 0 Å². The van der Waals surface area contributed by atoms with Gasteiger partial charge in [-0.25, -0.2) is 0 Å². The van der Waals surface area contributed by atoms with E-state index in [-0.39, 0.29) is 11.1 Å². The van der Waals surface area contributed by atoms with Gasteiger partial charge in [0, 0.05) is 0 Å². The first-order chi connectivity index (χ1) is 6.24. The summed E-state index contributed by atoms with van der Waals surface area (Å²) >= 11 is 0. The minimum Gasteiger partial charge on any atom is -0.318 e. The summed E-state index contributed by atoms with van der Waals surface area (Å²) in [6.07, 6.45) is 0. The molecule has 4 heteroatoms. The number of ketones is 1. The second kappa shape index (κ2) is 2.42. The number of amides is 1. The van der Waals surface area contributed by atoms with Crippen LogP contribution in [0.1, 0.15) is 15.9 Å². The Bertz CT molecular complexity index is 457. The lowest BCUT2D eigenvalue weighted by Crippen LogP contribution is -2.12. The van der Waals surface area contributed by atoms with Gasteiger partial charge in [0.2, 0.25) is 0 Å². The summed E-state index contributed by atoms with van der Waals surface area (Å²) in [5.74, 6) is -1.30. The monoisotopic (exact) mass is 172 g/mol. The first kappa shape index (κ1) is 7.50. The molecule has 0 bridgehead atoms. The number of fused-ring (bicyclic) bond motifs is 1. The standard InChI is InChI=1S/C9H4N2O2/c10-4-5-2-1-3-6-7(5)8(12)9(13)11-6/h1-3H,(H,11,12,13). The second-order valence-corrected chi connectivity index (χ2v) is 2.62. The molecule has 1 aliphatic rings. The molecule has 1 N–H and O–H groups in total. The predicted molar refractivity (Wildman–Crippen MR) is 44.1 cm³/mol. The van der Waals surface area contributed by atoms with Gasteiger partial charge in [-0.3, -0.25) is 9.59 Å². The van der Waals surface area contributed by atoms with Gasteiger partial charge in [-0.2, -0.15) is 5.26 Å². The highest BCUT2D eigenvalue weighted by atomic mass is 16.2. The van der Waals surface area contributed by atoms with E-state index in [1.165, 1.54) is 6.07 Å². The molecule has 0 fully saturated rings. The van der Waals surface area contributed by atoms with E-state index in [0.717, 1.165) is 0 Å². The molecule has 0 aromatic heterocycles. The van der Waals surface area contributed by atoms with Crippen LogP contribution >= 0.6 is 0 Å². The predicted octanol–water partition coefficient (Wildman–Crippen LogP) is 0.693. The van der Waals surface area contributed by atoms with Crippen LogP contribution in [0.2, 0.25) is 0 Å². The number of carbonyl (C=O) groups excluding carboxylic acids is 2. The van der Waals surface area contributed by atoms with Crippen molar-refractivity contribution in [2.45, 2.75) is 0 Å².